The van der Waals surface area contributed by atoms with Crippen LogP contribution in [-0.2, 0) is 11.1 Å². The Balaban J connectivity index is 1.70. The minimum atomic E-state index is -1.83. The van der Waals surface area contributed by atoms with Gasteiger partial charge < -0.3 is 14.2 Å². The molecule has 0 fully saturated rings. The van der Waals surface area contributed by atoms with Crippen molar-refractivity contribution in [2.75, 3.05) is 0 Å². The number of hydrogen-bond donors (Lipinski definition) is 1. The van der Waals surface area contributed by atoms with Crippen LogP contribution in [0.5, 0.6) is 17.5 Å². The molecule has 3 aromatic rings. The van der Waals surface area contributed by atoms with Gasteiger partial charge in [0, 0.05) is 30.7 Å². The van der Waals surface area contributed by atoms with Gasteiger partial charge in [0.2, 0.25) is 11.8 Å². The van der Waals surface area contributed by atoms with Crippen molar-refractivity contribution in [3.8, 4) is 17.5 Å². The molecular weight excluding hydrogens is 329 g/mol. The summed E-state index contributed by atoms with van der Waals surface area (Å²) in [6.45, 7) is 0.0258. The number of aromatic nitrogens is 3. The topological polar surface area (TPSA) is 86.6 Å². The van der Waals surface area contributed by atoms with Crippen LogP contribution in [0.3, 0.4) is 0 Å². The normalized spacial score (nSPS) is 10.5. The van der Waals surface area contributed by atoms with Crippen LogP contribution < -0.4 is 9.05 Å². The number of aromatic hydroxyl groups is 1. The first-order valence-corrected chi connectivity index (χ1v) is 8.15. The summed E-state index contributed by atoms with van der Waals surface area (Å²) in [4.78, 5) is 12.2. The van der Waals surface area contributed by atoms with Crippen molar-refractivity contribution in [2.45, 2.75) is 6.61 Å². The van der Waals surface area contributed by atoms with Crippen LogP contribution in [0.15, 0.2) is 67.1 Å². The summed E-state index contributed by atoms with van der Waals surface area (Å²) in [5.41, 5.74) is 0.388. The van der Waals surface area contributed by atoms with E-state index in [0.29, 0.717) is 17.5 Å². The fraction of sp³-hybridized carbons (Fsp3) is 0.0625. The number of nitrogens with zero attached hydrogens (tertiary/aromatic N) is 3. The van der Waals surface area contributed by atoms with Gasteiger partial charge in [-0.3, -0.25) is 9.51 Å². The molecule has 0 radical (unpaired) electrons. The van der Waals surface area contributed by atoms with E-state index in [1.54, 1.807) is 61.1 Å². The summed E-state index contributed by atoms with van der Waals surface area (Å²) in [7, 11) is -1.83. The molecule has 0 bridgehead atoms. The van der Waals surface area contributed by atoms with Crippen LogP contribution >= 0.6 is 8.60 Å². The van der Waals surface area contributed by atoms with Crippen LogP contribution in [0, 0.1) is 0 Å². The summed E-state index contributed by atoms with van der Waals surface area (Å²) in [6.07, 6.45) is 4.78. The Morgan fingerprint density at radius 1 is 0.792 bits per heavy atom. The predicted octanol–water partition coefficient (Wildman–Crippen LogP) is 3.48. The summed E-state index contributed by atoms with van der Waals surface area (Å²) in [5.74, 6) is 0.776. The molecule has 0 spiro atoms. The molecule has 0 aliphatic heterocycles. The molecule has 0 saturated carbocycles. The number of rotatable bonds is 7. The van der Waals surface area contributed by atoms with E-state index >= 15 is 0 Å². The molecule has 3 aromatic heterocycles. The monoisotopic (exact) mass is 343 g/mol. The fourth-order valence-electron chi connectivity index (χ4n) is 1.68. The second kappa shape index (κ2) is 8.19. The molecule has 0 aromatic carbocycles. The van der Waals surface area contributed by atoms with Crippen LogP contribution in [0.4, 0.5) is 0 Å². The van der Waals surface area contributed by atoms with Crippen molar-refractivity contribution >= 4 is 8.60 Å². The predicted molar refractivity (Wildman–Crippen MR) is 87.3 cm³/mol. The standard InChI is InChI=1S/C16H14N3O4P/c20-14-6-5-11-17-13(14)12-21-24(22-15-7-1-3-9-18-15)23-16-8-2-4-10-19-16/h1-11,20H,12H2. The maximum Gasteiger partial charge on any atom is 0.466 e. The van der Waals surface area contributed by atoms with Crippen LogP contribution in [0.1, 0.15) is 5.69 Å². The highest BCUT2D eigenvalue weighted by atomic mass is 31.2. The van der Waals surface area contributed by atoms with Gasteiger partial charge in [-0.25, -0.2) is 9.97 Å². The molecule has 0 aliphatic carbocycles. The highest BCUT2D eigenvalue weighted by Crippen LogP contribution is 2.41. The second-order valence-electron chi connectivity index (χ2n) is 4.48. The summed E-state index contributed by atoms with van der Waals surface area (Å²) >= 11 is 0. The zero-order chi connectivity index (χ0) is 16.6. The molecule has 24 heavy (non-hydrogen) atoms. The minimum Gasteiger partial charge on any atom is -0.506 e. The van der Waals surface area contributed by atoms with Gasteiger partial charge in [0.25, 0.3) is 0 Å². The maximum absolute atomic E-state index is 9.76. The van der Waals surface area contributed by atoms with Crippen molar-refractivity contribution in [3.05, 3.63) is 72.8 Å². The SMILES string of the molecule is Oc1cccnc1COP(Oc1ccccn1)Oc1ccccn1. The molecule has 0 atom stereocenters. The lowest BCUT2D eigenvalue weighted by Crippen LogP contribution is -2.03. The Kier molecular flexibility index (Phi) is 5.50. The van der Waals surface area contributed by atoms with Crippen LogP contribution in [-0.4, -0.2) is 20.1 Å². The van der Waals surface area contributed by atoms with Gasteiger partial charge >= 0.3 is 8.60 Å². The Bertz CT molecular complexity index is 720. The third-order valence-corrected chi connectivity index (χ3v) is 3.80. The third kappa shape index (κ3) is 4.62. The molecule has 122 valence electrons. The van der Waals surface area contributed by atoms with Gasteiger partial charge in [-0.05, 0) is 24.3 Å². The molecule has 0 unspecified atom stereocenters. The molecular formula is C16H14N3O4P. The molecule has 0 saturated heterocycles. The molecule has 8 heteroatoms. The molecule has 0 aliphatic rings. The van der Waals surface area contributed by atoms with Crippen molar-refractivity contribution in [1.82, 2.24) is 15.0 Å². The molecule has 3 heterocycles. The highest BCUT2D eigenvalue weighted by Gasteiger charge is 2.20. The Morgan fingerprint density at radius 2 is 1.42 bits per heavy atom. The van der Waals surface area contributed by atoms with Gasteiger partial charge in [0.1, 0.15) is 18.1 Å². The largest absolute Gasteiger partial charge is 0.506 e. The Labute approximate surface area is 139 Å². The van der Waals surface area contributed by atoms with Crippen molar-refractivity contribution < 1.29 is 18.7 Å². The summed E-state index contributed by atoms with van der Waals surface area (Å²) in [6, 6.07) is 13.7. The van der Waals surface area contributed by atoms with Crippen molar-refractivity contribution in [1.29, 1.82) is 0 Å². The lowest BCUT2D eigenvalue weighted by atomic mass is 10.3. The smallest absolute Gasteiger partial charge is 0.466 e. The quantitative estimate of drug-likeness (QED) is 0.657. The first-order chi connectivity index (χ1) is 11.8. The molecule has 0 amide bonds. The second-order valence-corrected chi connectivity index (χ2v) is 5.56. The molecule has 3 rings (SSSR count). The summed E-state index contributed by atoms with van der Waals surface area (Å²) in [5, 5.41) is 9.76. The first kappa shape index (κ1) is 16.1. The van der Waals surface area contributed by atoms with Gasteiger partial charge in [0.15, 0.2) is 0 Å². The minimum absolute atomic E-state index is 0.0258. The van der Waals surface area contributed by atoms with Gasteiger partial charge in [0.05, 0.1) is 0 Å². The highest BCUT2D eigenvalue weighted by molar-refractivity contribution is 7.42. The van der Waals surface area contributed by atoms with E-state index in [9.17, 15) is 5.11 Å². The summed E-state index contributed by atoms with van der Waals surface area (Å²) < 4.78 is 16.9. The zero-order valence-electron chi connectivity index (χ0n) is 12.5. The lowest BCUT2D eigenvalue weighted by Gasteiger charge is -2.16. The lowest BCUT2D eigenvalue weighted by molar-refractivity contribution is 0.245. The van der Waals surface area contributed by atoms with E-state index in [2.05, 4.69) is 15.0 Å². The van der Waals surface area contributed by atoms with E-state index in [1.165, 1.54) is 6.07 Å². The Hall–Kier alpha value is -2.76. The third-order valence-electron chi connectivity index (χ3n) is 2.78. The Morgan fingerprint density at radius 3 is 1.96 bits per heavy atom. The van der Waals surface area contributed by atoms with E-state index in [0.717, 1.165) is 0 Å². The van der Waals surface area contributed by atoms with E-state index in [4.69, 9.17) is 13.6 Å². The average molecular weight is 343 g/mol. The van der Waals surface area contributed by atoms with Gasteiger partial charge in [-0.1, -0.05) is 12.1 Å². The van der Waals surface area contributed by atoms with Gasteiger partial charge in [-0.15, -0.1) is 0 Å². The van der Waals surface area contributed by atoms with Crippen LogP contribution in [0.2, 0.25) is 0 Å². The average Bonchev–Trinajstić information content (AvgIpc) is 2.62. The number of pyridine rings is 3. The fourth-order valence-corrected chi connectivity index (χ4v) is 2.57. The number of hydrogen-bond acceptors (Lipinski definition) is 7. The van der Waals surface area contributed by atoms with Crippen molar-refractivity contribution in [2.24, 2.45) is 0 Å². The van der Waals surface area contributed by atoms with E-state index in [1.807, 2.05) is 0 Å². The first-order valence-electron chi connectivity index (χ1n) is 7.05. The zero-order valence-corrected chi connectivity index (χ0v) is 13.4. The van der Waals surface area contributed by atoms with Crippen LogP contribution in [0.25, 0.3) is 0 Å². The van der Waals surface area contributed by atoms with E-state index < -0.39 is 8.60 Å². The van der Waals surface area contributed by atoms with Crippen molar-refractivity contribution in [3.63, 3.8) is 0 Å². The van der Waals surface area contributed by atoms with Gasteiger partial charge in [-0.2, -0.15) is 0 Å². The van der Waals surface area contributed by atoms with E-state index in [-0.39, 0.29) is 12.4 Å². The molecule has 7 nitrogen and oxygen atoms in total. The maximum atomic E-state index is 9.76. The molecule has 1 N–H and O–H groups in total.